The number of aliphatic hydroxyl groups is 2. The second-order valence-electron chi connectivity index (χ2n) is 2.24. The average Bonchev–Trinajstić information content (AvgIpc) is 2.11. The Labute approximate surface area is 70.4 Å². The van der Waals surface area contributed by atoms with Crippen LogP contribution in [0.4, 0.5) is 0 Å². The first kappa shape index (κ1) is 11.1. The number of aliphatic hydroxyl groups excluding tert-OH is 2. The summed E-state index contributed by atoms with van der Waals surface area (Å²) in [6, 6.07) is 0. The van der Waals surface area contributed by atoms with Gasteiger partial charge in [0.15, 0.2) is 0 Å². The number of nitrogens with two attached hydrogens (primary N) is 1. The molecule has 0 aliphatic heterocycles. The molecule has 0 aliphatic rings. The van der Waals surface area contributed by atoms with Crippen molar-refractivity contribution in [2.45, 2.75) is 6.10 Å². The van der Waals surface area contributed by atoms with Crippen LogP contribution in [0.2, 0.25) is 0 Å². The van der Waals surface area contributed by atoms with E-state index in [1.807, 2.05) is 0 Å². The van der Waals surface area contributed by atoms with E-state index in [9.17, 15) is 4.79 Å². The van der Waals surface area contributed by atoms with E-state index >= 15 is 0 Å². The molecule has 0 aromatic carbocycles. The number of carbonyl (C=O) groups excluding carboxylic acids is 1. The first-order valence-corrected chi connectivity index (χ1v) is 3.45. The fourth-order valence-electron chi connectivity index (χ4n) is 0.410. The number of esters is 1. The standard InChI is InChI=1S/C7H13NO4/c1-5(2-8)7(11)12-4-6(10)3-9/h6,9-10H,1-4,8H2. The molecule has 0 aromatic rings. The Morgan fingerprint density at radius 3 is 2.67 bits per heavy atom. The highest BCUT2D eigenvalue weighted by Crippen LogP contribution is 1.93. The lowest BCUT2D eigenvalue weighted by Gasteiger charge is -2.08. The van der Waals surface area contributed by atoms with Gasteiger partial charge in [0.05, 0.1) is 6.61 Å². The molecule has 0 radical (unpaired) electrons. The Bertz CT molecular complexity index is 169. The molecule has 70 valence electrons. The highest BCUT2D eigenvalue weighted by atomic mass is 16.5. The van der Waals surface area contributed by atoms with Crippen molar-refractivity contribution in [2.24, 2.45) is 5.73 Å². The predicted molar refractivity (Wildman–Crippen MR) is 42.2 cm³/mol. The second-order valence-corrected chi connectivity index (χ2v) is 2.24. The first-order chi connectivity index (χ1) is 5.61. The summed E-state index contributed by atoms with van der Waals surface area (Å²) in [4.78, 5) is 10.8. The molecule has 0 saturated carbocycles. The van der Waals surface area contributed by atoms with Gasteiger partial charge in [0.1, 0.15) is 12.7 Å². The van der Waals surface area contributed by atoms with Crippen LogP contribution in [-0.4, -0.2) is 42.0 Å². The Balaban J connectivity index is 3.64. The smallest absolute Gasteiger partial charge is 0.334 e. The summed E-state index contributed by atoms with van der Waals surface area (Å²) in [6.45, 7) is 2.67. The van der Waals surface area contributed by atoms with Gasteiger partial charge in [-0.05, 0) is 0 Å². The van der Waals surface area contributed by atoms with Crippen LogP contribution in [0.3, 0.4) is 0 Å². The molecule has 0 saturated heterocycles. The zero-order valence-corrected chi connectivity index (χ0v) is 6.69. The molecule has 0 rings (SSSR count). The third-order valence-corrected chi connectivity index (χ3v) is 1.15. The van der Waals surface area contributed by atoms with Gasteiger partial charge in [-0.15, -0.1) is 0 Å². The van der Waals surface area contributed by atoms with E-state index in [2.05, 4.69) is 11.3 Å². The molecule has 12 heavy (non-hydrogen) atoms. The van der Waals surface area contributed by atoms with Crippen molar-refractivity contribution in [1.29, 1.82) is 0 Å². The van der Waals surface area contributed by atoms with Gasteiger partial charge in [0.25, 0.3) is 0 Å². The third kappa shape index (κ3) is 4.07. The van der Waals surface area contributed by atoms with Gasteiger partial charge in [-0.25, -0.2) is 4.79 Å². The van der Waals surface area contributed by atoms with Crippen molar-refractivity contribution in [1.82, 2.24) is 0 Å². The van der Waals surface area contributed by atoms with Crippen LogP contribution < -0.4 is 5.73 Å². The minimum Gasteiger partial charge on any atom is -0.459 e. The van der Waals surface area contributed by atoms with E-state index in [1.54, 1.807) is 0 Å². The minimum atomic E-state index is -1.04. The Hall–Kier alpha value is -0.910. The van der Waals surface area contributed by atoms with E-state index in [-0.39, 0.29) is 18.7 Å². The normalized spacial score (nSPS) is 12.2. The van der Waals surface area contributed by atoms with Gasteiger partial charge in [-0.3, -0.25) is 0 Å². The van der Waals surface area contributed by atoms with Gasteiger partial charge in [0.2, 0.25) is 0 Å². The van der Waals surface area contributed by atoms with Crippen LogP contribution in [0.5, 0.6) is 0 Å². The highest BCUT2D eigenvalue weighted by Gasteiger charge is 2.09. The summed E-state index contributed by atoms with van der Waals surface area (Å²) in [5.41, 5.74) is 5.24. The maximum atomic E-state index is 10.8. The number of hydrogen-bond donors (Lipinski definition) is 3. The fourth-order valence-corrected chi connectivity index (χ4v) is 0.410. The maximum absolute atomic E-state index is 10.8. The Morgan fingerprint density at radius 1 is 1.67 bits per heavy atom. The molecular formula is C7H13NO4. The van der Waals surface area contributed by atoms with Crippen molar-refractivity contribution in [3.05, 3.63) is 12.2 Å². The number of rotatable bonds is 5. The minimum absolute atomic E-state index is 0.0219. The molecule has 1 atom stereocenters. The van der Waals surface area contributed by atoms with Crippen LogP contribution in [0.25, 0.3) is 0 Å². The van der Waals surface area contributed by atoms with E-state index < -0.39 is 18.7 Å². The van der Waals surface area contributed by atoms with Crippen molar-refractivity contribution in [3.63, 3.8) is 0 Å². The van der Waals surface area contributed by atoms with Crippen LogP contribution in [0.1, 0.15) is 0 Å². The average molecular weight is 175 g/mol. The summed E-state index contributed by atoms with van der Waals surface area (Å²) in [7, 11) is 0. The summed E-state index contributed by atoms with van der Waals surface area (Å²) >= 11 is 0. The second kappa shape index (κ2) is 5.70. The molecule has 5 heteroatoms. The lowest BCUT2D eigenvalue weighted by Crippen LogP contribution is -2.24. The zero-order valence-electron chi connectivity index (χ0n) is 6.69. The molecular weight excluding hydrogens is 162 g/mol. The highest BCUT2D eigenvalue weighted by molar-refractivity contribution is 5.88. The predicted octanol–water partition coefficient (Wildman–Crippen LogP) is -1.60. The summed E-state index contributed by atoms with van der Waals surface area (Å²) < 4.78 is 4.52. The Kier molecular flexibility index (Phi) is 5.27. The van der Waals surface area contributed by atoms with Crippen LogP contribution in [0, 0.1) is 0 Å². The Morgan fingerprint density at radius 2 is 2.25 bits per heavy atom. The van der Waals surface area contributed by atoms with Gasteiger partial charge in [-0.2, -0.15) is 0 Å². The maximum Gasteiger partial charge on any atom is 0.334 e. The molecule has 0 aliphatic carbocycles. The van der Waals surface area contributed by atoms with Gasteiger partial charge >= 0.3 is 5.97 Å². The number of ether oxygens (including phenoxy) is 1. The van der Waals surface area contributed by atoms with Crippen molar-refractivity contribution in [3.8, 4) is 0 Å². The van der Waals surface area contributed by atoms with E-state index in [1.165, 1.54) is 0 Å². The van der Waals surface area contributed by atoms with E-state index in [4.69, 9.17) is 15.9 Å². The SMILES string of the molecule is C=C(CN)C(=O)OCC(O)CO. The topological polar surface area (TPSA) is 92.8 Å². The molecule has 0 fully saturated rings. The molecule has 0 aromatic heterocycles. The molecule has 0 spiro atoms. The molecule has 4 N–H and O–H groups in total. The lowest BCUT2D eigenvalue weighted by atomic mass is 10.3. The summed E-state index contributed by atoms with van der Waals surface area (Å²) in [5, 5.41) is 17.1. The zero-order chi connectivity index (χ0) is 9.56. The summed E-state index contributed by atoms with van der Waals surface area (Å²) in [6.07, 6.45) is -1.04. The van der Waals surface area contributed by atoms with Crippen molar-refractivity contribution < 1.29 is 19.7 Å². The quantitative estimate of drug-likeness (QED) is 0.345. The number of carbonyl (C=O) groups is 1. The van der Waals surface area contributed by atoms with Gasteiger partial charge in [-0.1, -0.05) is 6.58 Å². The van der Waals surface area contributed by atoms with Crippen LogP contribution >= 0.6 is 0 Å². The largest absolute Gasteiger partial charge is 0.459 e. The fraction of sp³-hybridized carbons (Fsp3) is 0.571. The van der Waals surface area contributed by atoms with Gasteiger partial charge in [0, 0.05) is 12.1 Å². The number of hydrogen-bond acceptors (Lipinski definition) is 5. The van der Waals surface area contributed by atoms with Crippen LogP contribution in [-0.2, 0) is 9.53 Å². The lowest BCUT2D eigenvalue weighted by molar-refractivity contribution is -0.142. The van der Waals surface area contributed by atoms with E-state index in [0.29, 0.717) is 0 Å². The molecule has 0 heterocycles. The monoisotopic (exact) mass is 175 g/mol. The van der Waals surface area contributed by atoms with Crippen molar-refractivity contribution >= 4 is 5.97 Å². The molecule has 0 bridgehead atoms. The molecule has 5 nitrogen and oxygen atoms in total. The molecule has 1 unspecified atom stereocenters. The third-order valence-electron chi connectivity index (χ3n) is 1.15. The summed E-state index contributed by atoms with van der Waals surface area (Å²) in [5.74, 6) is -0.648. The van der Waals surface area contributed by atoms with Crippen LogP contribution in [0.15, 0.2) is 12.2 Å². The van der Waals surface area contributed by atoms with Gasteiger partial charge < -0.3 is 20.7 Å². The van der Waals surface area contributed by atoms with Crippen molar-refractivity contribution in [2.75, 3.05) is 19.8 Å². The van der Waals surface area contributed by atoms with E-state index in [0.717, 1.165) is 0 Å². The molecule has 0 amide bonds. The first-order valence-electron chi connectivity index (χ1n) is 3.45.